The molecule has 1 aromatic rings. The number of hydrogen-bond acceptors (Lipinski definition) is 4. The number of nitriles is 1. The molecule has 6 heteroatoms. The normalized spacial score (nSPS) is 19.9. The molecule has 4 N–H and O–H groups in total. The van der Waals surface area contributed by atoms with Gasteiger partial charge in [-0.3, -0.25) is 4.90 Å². The van der Waals surface area contributed by atoms with Crippen molar-refractivity contribution in [3.8, 4) is 6.19 Å². The number of furan rings is 1. The number of nitrogens with zero attached hydrogens (tertiary/aromatic N) is 1. The Hall–Kier alpha value is -2.00. The SMILES string of the molecule is N#CNC1=[NH+]C[NH+](Cc2ccco2)CN1. The molecule has 0 saturated heterocycles. The molecule has 1 unspecified atom stereocenters. The molecular formula is C9H13N5O+2. The lowest BCUT2D eigenvalue weighted by Gasteiger charge is -2.18. The van der Waals surface area contributed by atoms with Crippen molar-refractivity contribution in [2.75, 3.05) is 13.3 Å². The summed E-state index contributed by atoms with van der Waals surface area (Å²) in [5.41, 5.74) is 0. The van der Waals surface area contributed by atoms with Crippen LogP contribution in [0.15, 0.2) is 22.8 Å². The van der Waals surface area contributed by atoms with E-state index in [1.165, 1.54) is 4.90 Å². The molecule has 0 radical (unpaired) electrons. The first kappa shape index (κ1) is 9.55. The van der Waals surface area contributed by atoms with Crippen molar-refractivity contribution in [2.24, 2.45) is 0 Å². The van der Waals surface area contributed by atoms with Crippen LogP contribution in [0, 0.1) is 11.5 Å². The predicted octanol–water partition coefficient (Wildman–Crippen LogP) is -3.31. The van der Waals surface area contributed by atoms with Gasteiger partial charge in [-0.15, -0.1) is 0 Å². The first-order chi connectivity index (χ1) is 7.38. The third-order valence-electron chi connectivity index (χ3n) is 2.22. The lowest BCUT2D eigenvalue weighted by Crippen LogP contribution is -3.23. The van der Waals surface area contributed by atoms with Crippen LogP contribution in [0.25, 0.3) is 0 Å². The summed E-state index contributed by atoms with van der Waals surface area (Å²) in [5, 5.41) is 14.0. The van der Waals surface area contributed by atoms with E-state index < -0.39 is 0 Å². The second kappa shape index (κ2) is 4.48. The van der Waals surface area contributed by atoms with E-state index in [0.717, 1.165) is 25.6 Å². The average molecular weight is 207 g/mol. The van der Waals surface area contributed by atoms with E-state index in [9.17, 15) is 0 Å². The van der Waals surface area contributed by atoms with E-state index in [-0.39, 0.29) is 0 Å². The zero-order valence-electron chi connectivity index (χ0n) is 8.21. The Kier molecular flexibility index (Phi) is 2.85. The van der Waals surface area contributed by atoms with Gasteiger partial charge < -0.3 is 4.42 Å². The maximum Gasteiger partial charge on any atom is 0.366 e. The molecule has 2 rings (SSSR count). The molecule has 0 saturated carbocycles. The Balaban J connectivity index is 1.86. The first-order valence-corrected chi connectivity index (χ1v) is 4.74. The largest absolute Gasteiger partial charge is 0.463 e. The molecule has 6 nitrogen and oxygen atoms in total. The predicted molar refractivity (Wildman–Crippen MR) is 51.0 cm³/mol. The summed E-state index contributed by atoms with van der Waals surface area (Å²) in [5.74, 6) is 1.63. The van der Waals surface area contributed by atoms with Crippen LogP contribution < -0.4 is 20.5 Å². The zero-order chi connectivity index (χ0) is 10.5. The van der Waals surface area contributed by atoms with Crippen molar-refractivity contribution in [1.82, 2.24) is 10.6 Å². The highest BCUT2D eigenvalue weighted by Gasteiger charge is 2.20. The minimum atomic E-state index is 0.667. The standard InChI is InChI=1S/C9H11N5O/c10-5-11-9-12-6-14(7-13-9)4-8-2-1-3-15-8/h1-3H,4,6-7H2,(H2,11,12,13)/p+2. The van der Waals surface area contributed by atoms with Gasteiger partial charge in [0.2, 0.25) is 0 Å². The van der Waals surface area contributed by atoms with Crippen molar-refractivity contribution in [1.29, 1.82) is 5.26 Å². The summed E-state index contributed by atoms with van der Waals surface area (Å²) in [6, 6.07) is 3.84. The van der Waals surface area contributed by atoms with E-state index in [1.54, 1.807) is 6.26 Å². The van der Waals surface area contributed by atoms with Crippen LogP contribution in [-0.2, 0) is 6.54 Å². The van der Waals surface area contributed by atoms with Gasteiger partial charge in [-0.25, -0.2) is 10.3 Å². The van der Waals surface area contributed by atoms with E-state index >= 15 is 0 Å². The Morgan fingerprint density at radius 3 is 3.27 bits per heavy atom. The molecule has 1 aliphatic heterocycles. The summed E-state index contributed by atoms with van der Waals surface area (Å²) in [6.45, 7) is 2.35. The lowest BCUT2D eigenvalue weighted by atomic mass is 10.4. The second-order valence-corrected chi connectivity index (χ2v) is 3.33. The number of nitrogens with one attached hydrogen (secondary N) is 4. The van der Waals surface area contributed by atoms with Gasteiger partial charge in [0.15, 0.2) is 19.1 Å². The van der Waals surface area contributed by atoms with Crippen LogP contribution in [0.1, 0.15) is 5.76 Å². The molecule has 0 bridgehead atoms. The molecule has 0 aromatic carbocycles. The van der Waals surface area contributed by atoms with Crippen molar-refractivity contribution < 1.29 is 14.3 Å². The molecular weight excluding hydrogens is 194 g/mol. The third-order valence-corrected chi connectivity index (χ3v) is 2.22. The van der Waals surface area contributed by atoms with Crippen molar-refractivity contribution in [2.45, 2.75) is 6.54 Å². The highest BCUT2D eigenvalue weighted by molar-refractivity contribution is 5.75. The molecule has 2 heterocycles. The minimum absolute atomic E-state index is 0.667. The Morgan fingerprint density at radius 2 is 2.67 bits per heavy atom. The molecule has 0 aliphatic carbocycles. The fourth-order valence-electron chi connectivity index (χ4n) is 1.48. The maximum atomic E-state index is 8.41. The molecule has 1 aromatic heterocycles. The molecule has 15 heavy (non-hydrogen) atoms. The van der Waals surface area contributed by atoms with Gasteiger partial charge in [-0.2, -0.15) is 10.6 Å². The van der Waals surface area contributed by atoms with Crippen molar-refractivity contribution in [3.05, 3.63) is 24.2 Å². The van der Waals surface area contributed by atoms with Gasteiger partial charge in [0.1, 0.15) is 6.54 Å². The monoisotopic (exact) mass is 207 g/mol. The molecule has 0 amide bonds. The molecule has 1 atom stereocenters. The van der Waals surface area contributed by atoms with E-state index in [4.69, 9.17) is 9.68 Å². The van der Waals surface area contributed by atoms with Gasteiger partial charge in [-0.05, 0) is 12.1 Å². The van der Waals surface area contributed by atoms with Crippen LogP contribution in [0.5, 0.6) is 0 Å². The van der Waals surface area contributed by atoms with Crippen LogP contribution in [-0.4, -0.2) is 19.3 Å². The summed E-state index contributed by atoms with van der Waals surface area (Å²) in [6.07, 6.45) is 3.53. The Bertz CT molecular complexity index is 378. The minimum Gasteiger partial charge on any atom is -0.463 e. The summed E-state index contributed by atoms with van der Waals surface area (Å²) < 4.78 is 5.26. The van der Waals surface area contributed by atoms with Crippen LogP contribution in [0.3, 0.4) is 0 Å². The fourth-order valence-corrected chi connectivity index (χ4v) is 1.48. The molecule has 0 fully saturated rings. The van der Waals surface area contributed by atoms with Gasteiger partial charge >= 0.3 is 5.96 Å². The number of rotatable bonds is 2. The Labute approximate surface area is 87.2 Å². The maximum absolute atomic E-state index is 8.41. The van der Waals surface area contributed by atoms with Gasteiger partial charge in [-0.1, -0.05) is 0 Å². The highest BCUT2D eigenvalue weighted by Crippen LogP contribution is 1.95. The first-order valence-electron chi connectivity index (χ1n) is 4.74. The second-order valence-electron chi connectivity index (χ2n) is 3.33. The van der Waals surface area contributed by atoms with Crippen molar-refractivity contribution >= 4 is 5.96 Å². The summed E-state index contributed by atoms with van der Waals surface area (Å²) in [7, 11) is 0. The topological polar surface area (TPSA) is 79.4 Å². The lowest BCUT2D eigenvalue weighted by molar-refractivity contribution is -0.992. The van der Waals surface area contributed by atoms with Crippen LogP contribution in [0.4, 0.5) is 0 Å². The third kappa shape index (κ3) is 2.48. The number of quaternary nitrogens is 1. The molecule has 78 valence electrons. The number of hydrogen-bond donors (Lipinski definition) is 4. The van der Waals surface area contributed by atoms with E-state index in [0.29, 0.717) is 5.96 Å². The quantitative estimate of drug-likeness (QED) is 0.302. The molecule has 0 spiro atoms. The van der Waals surface area contributed by atoms with Crippen LogP contribution in [0.2, 0.25) is 0 Å². The number of guanidine groups is 1. The van der Waals surface area contributed by atoms with E-state index in [1.807, 2.05) is 18.3 Å². The van der Waals surface area contributed by atoms with Gasteiger partial charge in [0, 0.05) is 0 Å². The zero-order valence-corrected chi connectivity index (χ0v) is 8.21. The average Bonchev–Trinajstić information content (AvgIpc) is 2.74. The highest BCUT2D eigenvalue weighted by atomic mass is 16.3. The molecule has 1 aliphatic rings. The fraction of sp³-hybridized carbons (Fsp3) is 0.333. The summed E-state index contributed by atoms with van der Waals surface area (Å²) in [4.78, 5) is 4.38. The Morgan fingerprint density at radius 1 is 1.73 bits per heavy atom. The van der Waals surface area contributed by atoms with Crippen LogP contribution >= 0.6 is 0 Å². The van der Waals surface area contributed by atoms with Gasteiger partial charge in [0.25, 0.3) is 6.19 Å². The summed E-state index contributed by atoms with van der Waals surface area (Å²) >= 11 is 0. The van der Waals surface area contributed by atoms with E-state index in [2.05, 4.69) is 15.6 Å². The van der Waals surface area contributed by atoms with Gasteiger partial charge in [0.05, 0.1) is 6.26 Å². The van der Waals surface area contributed by atoms with Crippen molar-refractivity contribution in [3.63, 3.8) is 0 Å². The smallest absolute Gasteiger partial charge is 0.366 e.